The van der Waals surface area contributed by atoms with E-state index >= 15 is 0 Å². The number of esters is 1. The van der Waals surface area contributed by atoms with Crippen molar-refractivity contribution in [2.24, 2.45) is 35.5 Å². The number of amides is 1. The molecule has 3 aliphatic heterocycles. The topological polar surface area (TPSA) is 192 Å². The lowest BCUT2D eigenvalue weighted by molar-refractivity contribution is -0.265. The Balaban J connectivity index is 1.70. The highest BCUT2D eigenvalue weighted by Crippen LogP contribution is 2.46. The van der Waals surface area contributed by atoms with Crippen molar-refractivity contribution in [3.8, 4) is 0 Å². The average molecular weight is 991 g/mol. The number of hydrogen-bond donors (Lipinski definition) is 2. The predicted molar refractivity (Wildman–Crippen MR) is 264 cm³/mol. The lowest BCUT2D eigenvalue weighted by Gasteiger charge is -2.42. The third kappa shape index (κ3) is 15.6. The Morgan fingerprint density at radius 1 is 0.897 bits per heavy atom. The van der Waals surface area contributed by atoms with E-state index in [4.69, 9.17) is 23.7 Å². The van der Waals surface area contributed by atoms with Gasteiger partial charge in [0.15, 0.2) is 5.78 Å². The molecule has 382 valence electrons. The van der Waals surface area contributed by atoms with Gasteiger partial charge in [-0.25, -0.2) is 4.79 Å². The van der Waals surface area contributed by atoms with Crippen LogP contribution >= 0.6 is 18.4 Å². The van der Waals surface area contributed by atoms with Gasteiger partial charge in [-0.3, -0.25) is 19.2 Å². The van der Waals surface area contributed by atoms with E-state index in [1.54, 1.807) is 47.7 Å². The highest BCUT2D eigenvalue weighted by molar-refractivity contribution is 8.51. The number of allylic oxidation sites excluding steroid dienone is 6. The van der Waals surface area contributed by atoms with Gasteiger partial charge in [0.05, 0.1) is 23.6 Å². The van der Waals surface area contributed by atoms with Gasteiger partial charge in [-0.15, -0.1) is 0 Å². The smallest absolute Gasteiger partial charge is 0.407 e. The molecule has 4 rings (SSSR count). The van der Waals surface area contributed by atoms with E-state index in [0.29, 0.717) is 56.9 Å². The minimum atomic E-state index is -2.43. The van der Waals surface area contributed by atoms with Gasteiger partial charge in [-0.1, -0.05) is 75.6 Å². The minimum Gasteiger partial charge on any atom is -0.460 e. The summed E-state index contributed by atoms with van der Waals surface area (Å²) in [5.41, 5.74) is 1.27. The van der Waals surface area contributed by atoms with Crippen LogP contribution in [0.25, 0.3) is 0 Å². The van der Waals surface area contributed by atoms with Crippen LogP contribution < -0.4 is 0 Å². The third-order valence-corrected chi connectivity index (χ3v) is 17.5. The molecule has 2 saturated heterocycles. The summed E-state index contributed by atoms with van der Waals surface area (Å²) in [4.78, 5) is 72.2. The maximum absolute atomic E-state index is 14.5. The molecular formula is C52H81NO13PS+. The van der Waals surface area contributed by atoms with E-state index < -0.39 is 84.8 Å². The van der Waals surface area contributed by atoms with Crippen LogP contribution in [-0.4, -0.2) is 133 Å². The number of carbonyl (C=O) groups is 5. The molecule has 1 saturated carbocycles. The highest BCUT2D eigenvalue weighted by Gasteiger charge is 2.53. The fraction of sp³-hybridized carbons (Fsp3) is 0.750. The number of fused-ring (bicyclic) bond motifs is 3. The van der Waals surface area contributed by atoms with Gasteiger partial charge >= 0.3 is 13.0 Å². The number of carbonyl (C=O) groups excluding carboxylic acids is 5. The molecule has 0 aromatic rings. The van der Waals surface area contributed by atoms with Crippen molar-refractivity contribution in [3.05, 3.63) is 47.6 Å². The Labute approximate surface area is 410 Å². The Hall–Kier alpha value is -2.88. The lowest BCUT2D eigenvalue weighted by Crippen LogP contribution is -2.61. The number of Topliss-reactive ketones (excluding diaryl/α,β-unsaturated/α-hetero) is 3. The molecule has 0 spiro atoms. The van der Waals surface area contributed by atoms with Crippen molar-refractivity contribution >= 4 is 47.6 Å². The average Bonchev–Trinajstić information content (AvgIpc) is 3.30. The number of ketones is 3. The van der Waals surface area contributed by atoms with Gasteiger partial charge in [-0.05, 0) is 107 Å². The number of aliphatic hydroxyl groups excluding tert-OH is 1. The zero-order chi connectivity index (χ0) is 50.5. The molecule has 2 N–H and O–H groups in total. The predicted octanol–water partition coefficient (Wildman–Crippen LogP) is 8.29. The Bertz CT molecular complexity index is 1890. The van der Waals surface area contributed by atoms with Crippen molar-refractivity contribution in [1.82, 2.24) is 4.90 Å². The number of cyclic esters (lactones) is 1. The molecule has 1 amide bonds. The summed E-state index contributed by atoms with van der Waals surface area (Å²) in [6, 6.07) is -1.14. The number of hydrogen-bond acceptors (Lipinski definition) is 14. The SMILES string of the molecule is CO[C@H]1C[C@@H]2CC[C@@H](C)[C@@](O)(O2)C(=O)C(=O)N2CCCC[C@H]2C(=O)OC([C@H](C)C[C@@H]2CCC(S[P+](C)=O)[C@H](OC)C2)CC(=O)[C@H](C)/C=C(\C)[C@@H](O)[C@@H](OC)C(=O)[C@H](C)C[C@H](C)/C=C/C=C/C=C/1C. The molecule has 0 radical (unpaired) electrons. The number of methoxy groups -OCH3 is 3. The summed E-state index contributed by atoms with van der Waals surface area (Å²) in [5.74, 6) is -7.90. The molecule has 4 aliphatic rings. The van der Waals surface area contributed by atoms with Crippen LogP contribution in [0, 0.1) is 35.5 Å². The van der Waals surface area contributed by atoms with E-state index in [-0.39, 0.29) is 60.1 Å². The summed E-state index contributed by atoms with van der Waals surface area (Å²) < 4.78 is 41.9. The summed E-state index contributed by atoms with van der Waals surface area (Å²) in [7, 11) is 3.20. The van der Waals surface area contributed by atoms with Gasteiger partial charge in [0, 0.05) is 58.5 Å². The van der Waals surface area contributed by atoms with Crippen LogP contribution in [0.15, 0.2) is 47.6 Å². The van der Waals surface area contributed by atoms with Crippen LogP contribution in [-0.2, 0) is 52.2 Å². The summed E-state index contributed by atoms with van der Waals surface area (Å²) in [6.07, 6.45) is 12.5. The van der Waals surface area contributed by atoms with Crippen molar-refractivity contribution in [1.29, 1.82) is 0 Å². The first kappa shape index (κ1) is 57.7. The van der Waals surface area contributed by atoms with Gasteiger partial charge in [0.2, 0.25) is 5.79 Å². The Morgan fingerprint density at radius 3 is 2.28 bits per heavy atom. The van der Waals surface area contributed by atoms with Crippen molar-refractivity contribution in [2.75, 3.05) is 34.5 Å². The normalized spacial score (nSPS) is 39.4. The molecular weight excluding hydrogens is 910 g/mol. The fourth-order valence-electron chi connectivity index (χ4n) is 10.4. The third-order valence-electron chi connectivity index (χ3n) is 14.7. The molecule has 2 bridgehead atoms. The molecule has 68 heavy (non-hydrogen) atoms. The monoisotopic (exact) mass is 991 g/mol. The molecule has 16 heteroatoms. The second kappa shape index (κ2) is 27.1. The number of rotatable bonds is 8. The van der Waals surface area contributed by atoms with Crippen molar-refractivity contribution in [3.63, 3.8) is 0 Å². The van der Waals surface area contributed by atoms with Crippen molar-refractivity contribution in [2.45, 2.75) is 179 Å². The first-order chi connectivity index (χ1) is 32.1. The standard InChI is InChI=1S/C52H81NO13PS/c1-31-17-13-12-14-18-32(2)42(62-8)29-39-22-20-37(7)52(60,66-39)49(57)50(58)53-24-16-15-19-40(53)51(59)65-43(34(4)27-38-21-23-45(68-67(11)61)44(28-38)63-9)30-41(54)33(3)26-36(6)47(56)48(64-10)46(55)35(5)25-31/h12-14,17-18,26,31,33-35,37-40,42-45,47-48,56,60H,15-16,19-25,27-30H2,1-11H3/q+1/b14-12+,17-13+,32-18+,36-26+/t31-,33-,34-,35-,37-,38+,39+,40+,42+,43?,44-,45?,47-,48+,52-/m1/s1. The number of piperidine rings is 1. The Kier molecular flexibility index (Phi) is 23.0. The van der Waals surface area contributed by atoms with E-state index in [9.17, 15) is 38.8 Å². The molecule has 14 nitrogen and oxygen atoms in total. The Morgan fingerprint density at radius 2 is 1.62 bits per heavy atom. The molecule has 0 aromatic heterocycles. The van der Waals surface area contributed by atoms with Gasteiger partial charge in [-0.2, -0.15) is 0 Å². The zero-order valence-corrected chi connectivity index (χ0v) is 44.1. The maximum atomic E-state index is 14.5. The van der Waals surface area contributed by atoms with E-state index in [1.165, 1.54) is 23.4 Å². The molecule has 3 heterocycles. The molecule has 0 aromatic carbocycles. The largest absolute Gasteiger partial charge is 0.460 e. The summed E-state index contributed by atoms with van der Waals surface area (Å²) >= 11 is 1.44. The van der Waals surface area contributed by atoms with Crippen LogP contribution in [0.5, 0.6) is 0 Å². The minimum absolute atomic E-state index is 0.0171. The summed E-state index contributed by atoms with van der Waals surface area (Å²) in [6.45, 7) is 14.5. The second-order valence-corrected chi connectivity index (χ2v) is 24.0. The van der Waals surface area contributed by atoms with E-state index in [2.05, 4.69) is 0 Å². The van der Waals surface area contributed by atoms with E-state index in [0.717, 1.165) is 18.4 Å². The van der Waals surface area contributed by atoms with Crippen molar-refractivity contribution < 1.29 is 62.4 Å². The van der Waals surface area contributed by atoms with Gasteiger partial charge < -0.3 is 38.8 Å². The fourth-order valence-corrected chi connectivity index (χ4v) is 13.3. The quantitative estimate of drug-likeness (QED) is 0.102. The second-order valence-electron chi connectivity index (χ2n) is 20.1. The number of nitrogens with zero attached hydrogens (tertiary/aromatic N) is 1. The summed E-state index contributed by atoms with van der Waals surface area (Å²) in [5, 5.41) is 23.5. The molecule has 16 atom stereocenters. The molecule has 3 fully saturated rings. The number of ether oxygens (including phenoxy) is 5. The lowest BCUT2D eigenvalue weighted by atomic mass is 9.79. The van der Waals surface area contributed by atoms with Crippen LogP contribution in [0.3, 0.4) is 0 Å². The van der Waals surface area contributed by atoms with Gasteiger partial charge in [0.25, 0.3) is 11.7 Å². The highest BCUT2D eigenvalue weighted by atomic mass is 32.7. The number of aliphatic hydroxyl groups is 2. The van der Waals surface area contributed by atoms with E-state index in [1.807, 2.05) is 58.1 Å². The van der Waals surface area contributed by atoms with Crippen LogP contribution in [0.4, 0.5) is 0 Å². The van der Waals surface area contributed by atoms with Gasteiger partial charge in [0.1, 0.15) is 48.2 Å². The molecule has 1 aliphatic carbocycles. The first-order valence-corrected chi connectivity index (χ1v) is 27.9. The molecule has 3 unspecified atom stereocenters. The first-order valence-electron chi connectivity index (χ1n) is 24.7. The zero-order valence-electron chi connectivity index (χ0n) is 42.4. The van der Waals surface area contributed by atoms with Crippen LogP contribution in [0.1, 0.15) is 126 Å². The maximum Gasteiger partial charge on any atom is 0.407 e. The van der Waals surface area contributed by atoms with Crippen LogP contribution in [0.2, 0.25) is 0 Å².